The van der Waals surface area contributed by atoms with Crippen molar-refractivity contribution in [2.75, 3.05) is 5.73 Å². The monoisotopic (exact) mass is 259 g/mol. The minimum absolute atomic E-state index is 0.349. The number of thioether (sulfide) groups is 1. The van der Waals surface area contributed by atoms with Gasteiger partial charge in [0.15, 0.2) is 0 Å². The Labute approximate surface area is 112 Å². The summed E-state index contributed by atoms with van der Waals surface area (Å²) in [6.45, 7) is 4.08. The van der Waals surface area contributed by atoms with E-state index in [1.807, 2.05) is 37.3 Å². The zero-order chi connectivity index (χ0) is 13.1. The van der Waals surface area contributed by atoms with Gasteiger partial charge in [-0.15, -0.1) is 11.8 Å². The molecule has 0 amide bonds. The molecule has 2 aromatic carbocycles. The van der Waals surface area contributed by atoms with Gasteiger partial charge in [-0.25, -0.2) is 0 Å². The lowest BCUT2D eigenvalue weighted by molar-refractivity contribution is 0.461. The van der Waals surface area contributed by atoms with E-state index in [-0.39, 0.29) is 0 Å². The van der Waals surface area contributed by atoms with Crippen LogP contribution in [0.3, 0.4) is 0 Å². The first-order chi connectivity index (χ1) is 8.58. The molecule has 3 N–H and O–H groups in total. The van der Waals surface area contributed by atoms with Crippen molar-refractivity contribution in [2.24, 2.45) is 0 Å². The van der Waals surface area contributed by atoms with Crippen molar-refractivity contribution in [3.05, 3.63) is 53.1 Å². The molecular formula is C15H17NOS. The fourth-order valence-corrected chi connectivity index (χ4v) is 2.94. The maximum absolute atomic E-state index is 9.85. The number of phenolic OH excluding ortho intramolecular Hbond substituents is 1. The van der Waals surface area contributed by atoms with E-state index in [0.29, 0.717) is 5.75 Å². The number of phenols is 1. The Kier molecular flexibility index (Phi) is 3.82. The maximum Gasteiger partial charge on any atom is 0.129 e. The molecule has 0 bridgehead atoms. The van der Waals surface area contributed by atoms with Crippen LogP contribution in [0, 0.1) is 13.8 Å². The van der Waals surface area contributed by atoms with Gasteiger partial charge in [-0.05, 0) is 48.7 Å². The first-order valence-corrected chi connectivity index (χ1v) is 6.83. The first-order valence-electron chi connectivity index (χ1n) is 5.84. The Bertz CT molecular complexity index is 546. The highest BCUT2D eigenvalue weighted by molar-refractivity contribution is 7.98. The molecule has 0 aliphatic heterocycles. The van der Waals surface area contributed by atoms with E-state index in [2.05, 4.69) is 6.92 Å². The number of benzene rings is 2. The largest absolute Gasteiger partial charge is 0.507 e. The summed E-state index contributed by atoms with van der Waals surface area (Å²) in [4.78, 5) is 0.944. The fraction of sp³-hybridized carbons (Fsp3) is 0.200. The molecule has 2 aromatic rings. The van der Waals surface area contributed by atoms with E-state index in [1.54, 1.807) is 17.8 Å². The summed E-state index contributed by atoms with van der Waals surface area (Å²) in [7, 11) is 0. The summed E-state index contributed by atoms with van der Waals surface area (Å²) in [6, 6.07) is 11.5. The second kappa shape index (κ2) is 5.36. The van der Waals surface area contributed by atoms with Gasteiger partial charge in [-0.3, -0.25) is 0 Å². The topological polar surface area (TPSA) is 46.2 Å². The van der Waals surface area contributed by atoms with Crippen LogP contribution in [0.25, 0.3) is 0 Å². The molecule has 0 fully saturated rings. The van der Waals surface area contributed by atoms with Gasteiger partial charge in [-0.2, -0.15) is 0 Å². The molecule has 0 radical (unpaired) electrons. The molecule has 2 nitrogen and oxygen atoms in total. The predicted octanol–water partition coefficient (Wildman–Crippen LogP) is 3.88. The lowest BCUT2D eigenvalue weighted by Gasteiger charge is -2.10. The molecule has 2 rings (SSSR count). The predicted molar refractivity (Wildman–Crippen MR) is 78.0 cm³/mol. The van der Waals surface area contributed by atoms with Gasteiger partial charge in [-0.1, -0.05) is 18.2 Å². The highest BCUT2D eigenvalue weighted by Crippen LogP contribution is 2.34. The Morgan fingerprint density at radius 1 is 1.11 bits per heavy atom. The SMILES string of the molecule is Cc1ccc(N)cc1CSc1c(C)cccc1O. The van der Waals surface area contributed by atoms with Gasteiger partial charge in [0.05, 0.1) is 4.90 Å². The van der Waals surface area contributed by atoms with Gasteiger partial charge in [0, 0.05) is 11.4 Å². The minimum atomic E-state index is 0.349. The summed E-state index contributed by atoms with van der Waals surface area (Å²) in [6.07, 6.45) is 0. The zero-order valence-corrected chi connectivity index (χ0v) is 11.4. The molecule has 0 atom stereocenters. The van der Waals surface area contributed by atoms with E-state index >= 15 is 0 Å². The van der Waals surface area contributed by atoms with Crippen LogP contribution < -0.4 is 5.73 Å². The molecule has 0 heterocycles. The number of aromatic hydroxyl groups is 1. The molecular weight excluding hydrogens is 242 g/mol. The van der Waals surface area contributed by atoms with E-state index in [0.717, 1.165) is 21.9 Å². The Morgan fingerprint density at radius 3 is 2.61 bits per heavy atom. The van der Waals surface area contributed by atoms with Gasteiger partial charge in [0.1, 0.15) is 5.75 Å². The van der Waals surface area contributed by atoms with E-state index in [9.17, 15) is 5.11 Å². The third-order valence-corrected chi connectivity index (χ3v) is 4.21. The van der Waals surface area contributed by atoms with Crippen LogP contribution in [-0.2, 0) is 5.75 Å². The molecule has 0 spiro atoms. The average molecular weight is 259 g/mol. The van der Waals surface area contributed by atoms with Crippen LogP contribution in [0.15, 0.2) is 41.3 Å². The minimum Gasteiger partial charge on any atom is -0.507 e. The van der Waals surface area contributed by atoms with Crippen molar-refractivity contribution >= 4 is 17.4 Å². The summed E-state index contributed by atoms with van der Waals surface area (Å²) >= 11 is 1.64. The third-order valence-electron chi connectivity index (χ3n) is 2.94. The van der Waals surface area contributed by atoms with Crippen LogP contribution in [0.4, 0.5) is 5.69 Å². The molecule has 18 heavy (non-hydrogen) atoms. The molecule has 0 saturated heterocycles. The van der Waals surface area contributed by atoms with E-state index in [1.165, 1.54) is 11.1 Å². The van der Waals surface area contributed by atoms with Crippen molar-refractivity contribution < 1.29 is 5.11 Å². The van der Waals surface area contributed by atoms with Crippen LogP contribution in [0.5, 0.6) is 5.75 Å². The standard InChI is InChI=1S/C15H17NOS/c1-10-6-7-13(16)8-12(10)9-18-15-11(2)4-3-5-14(15)17/h3-8,17H,9,16H2,1-2H3. The number of rotatable bonds is 3. The molecule has 0 aromatic heterocycles. The van der Waals surface area contributed by atoms with Crippen LogP contribution in [-0.4, -0.2) is 5.11 Å². The maximum atomic E-state index is 9.85. The average Bonchev–Trinajstić information content (AvgIpc) is 2.33. The van der Waals surface area contributed by atoms with Crippen LogP contribution in [0.1, 0.15) is 16.7 Å². The van der Waals surface area contributed by atoms with E-state index in [4.69, 9.17) is 5.73 Å². The molecule has 0 unspecified atom stereocenters. The zero-order valence-electron chi connectivity index (χ0n) is 10.6. The molecule has 0 saturated carbocycles. The van der Waals surface area contributed by atoms with Crippen molar-refractivity contribution in [2.45, 2.75) is 24.5 Å². The van der Waals surface area contributed by atoms with Gasteiger partial charge in [0.2, 0.25) is 0 Å². The number of nitrogens with two attached hydrogens (primary N) is 1. The Hall–Kier alpha value is -1.61. The normalized spacial score (nSPS) is 10.6. The summed E-state index contributed by atoms with van der Waals surface area (Å²) in [5.41, 5.74) is 10.1. The molecule has 94 valence electrons. The molecule has 3 heteroatoms. The van der Waals surface area contributed by atoms with Crippen LogP contribution in [0.2, 0.25) is 0 Å². The smallest absolute Gasteiger partial charge is 0.129 e. The quantitative estimate of drug-likeness (QED) is 0.649. The van der Waals surface area contributed by atoms with Gasteiger partial charge < -0.3 is 10.8 Å². The number of anilines is 1. The number of nitrogen functional groups attached to an aromatic ring is 1. The number of hydrogen-bond acceptors (Lipinski definition) is 3. The third kappa shape index (κ3) is 2.79. The highest BCUT2D eigenvalue weighted by Gasteiger charge is 2.07. The summed E-state index contributed by atoms with van der Waals surface area (Å²) in [5, 5.41) is 9.85. The number of hydrogen-bond donors (Lipinski definition) is 2. The Morgan fingerprint density at radius 2 is 1.89 bits per heavy atom. The van der Waals surface area contributed by atoms with Gasteiger partial charge >= 0.3 is 0 Å². The highest BCUT2D eigenvalue weighted by atomic mass is 32.2. The van der Waals surface area contributed by atoms with E-state index < -0.39 is 0 Å². The molecule has 0 aliphatic rings. The fourth-order valence-electron chi connectivity index (χ4n) is 1.82. The Balaban J connectivity index is 2.19. The van der Waals surface area contributed by atoms with Crippen molar-refractivity contribution in [1.29, 1.82) is 0 Å². The van der Waals surface area contributed by atoms with Crippen molar-refractivity contribution in [3.8, 4) is 5.75 Å². The lowest BCUT2D eigenvalue weighted by atomic mass is 10.1. The number of aryl methyl sites for hydroxylation is 2. The summed E-state index contributed by atoms with van der Waals surface area (Å²) < 4.78 is 0. The molecule has 0 aliphatic carbocycles. The van der Waals surface area contributed by atoms with Gasteiger partial charge in [0.25, 0.3) is 0 Å². The second-order valence-corrected chi connectivity index (χ2v) is 5.38. The second-order valence-electron chi connectivity index (χ2n) is 4.40. The lowest BCUT2D eigenvalue weighted by Crippen LogP contribution is -1.91. The van der Waals surface area contributed by atoms with Crippen LogP contribution >= 0.6 is 11.8 Å². The first kappa shape index (κ1) is 12.8. The summed E-state index contributed by atoms with van der Waals surface area (Å²) in [5.74, 6) is 1.16. The van der Waals surface area contributed by atoms with Crippen molar-refractivity contribution in [1.82, 2.24) is 0 Å². The van der Waals surface area contributed by atoms with Crippen molar-refractivity contribution in [3.63, 3.8) is 0 Å².